The number of nitrogens with zero attached hydrogens (tertiary/aromatic N) is 1. The molecule has 2 rings (SSSR count). The van der Waals surface area contributed by atoms with E-state index in [1.54, 1.807) is 6.92 Å². The quantitative estimate of drug-likeness (QED) is 0.389. The molecule has 1 aromatic carbocycles. The number of hydrogen-bond acceptors (Lipinski definition) is 7. The van der Waals surface area contributed by atoms with Crippen LogP contribution in [0.4, 0.5) is 5.00 Å². The lowest BCUT2D eigenvalue weighted by Crippen LogP contribution is -2.18. The summed E-state index contributed by atoms with van der Waals surface area (Å²) in [5.74, 6) is -0.0800. The number of anilines is 1. The van der Waals surface area contributed by atoms with E-state index in [0.29, 0.717) is 17.2 Å². The first-order valence-electron chi connectivity index (χ1n) is 8.91. The molecule has 1 heterocycles. The SMILES string of the molecule is CCOC(=O)c1c(NC(=O)CO/N=C\c2ccc(OCC)cc2)sc(C)c1C. The van der Waals surface area contributed by atoms with Crippen LogP contribution >= 0.6 is 11.3 Å². The van der Waals surface area contributed by atoms with Gasteiger partial charge in [-0.15, -0.1) is 11.3 Å². The van der Waals surface area contributed by atoms with Crippen molar-refractivity contribution in [3.63, 3.8) is 0 Å². The molecule has 7 nitrogen and oxygen atoms in total. The normalized spacial score (nSPS) is 10.7. The van der Waals surface area contributed by atoms with Gasteiger partial charge in [-0.2, -0.15) is 0 Å². The largest absolute Gasteiger partial charge is 0.494 e. The molecule has 0 atom stereocenters. The van der Waals surface area contributed by atoms with E-state index in [1.165, 1.54) is 17.6 Å². The average Bonchev–Trinajstić information content (AvgIpc) is 2.94. The predicted molar refractivity (Wildman–Crippen MR) is 110 cm³/mol. The van der Waals surface area contributed by atoms with E-state index >= 15 is 0 Å². The van der Waals surface area contributed by atoms with Crippen LogP contribution in [0.25, 0.3) is 0 Å². The van der Waals surface area contributed by atoms with Gasteiger partial charge in [0.25, 0.3) is 5.91 Å². The van der Waals surface area contributed by atoms with Gasteiger partial charge in [-0.1, -0.05) is 5.16 Å². The molecule has 0 radical (unpaired) electrons. The molecule has 1 N–H and O–H groups in total. The third-order valence-electron chi connectivity index (χ3n) is 3.78. The summed E-state index contributed by atoms with van der Waals surface area (Å²) < 4.78 is 10.4. The fourth-order valence-corrected chi connectivity index (χ4v) is 3.40. The number of thiophene rings is 1. The van der Waals surface area contributed by atoms with Crippen molar-refractivity contribution in [1.82, 2.24) is 0 Å². The van der Waals surface area contributed by atoms with Crippen molar-refractivity contribution >= 4 is 34.4 Å². The highest BCUT2D eigenvalue weighted by Gasteiger charge is 2.22. The third kappa shape index (κ3) is 5.82. The smallest absolute Gasteiger partial charge is 0.341 e. The Bertz CT molecular complexity index is 843. The maximum atomic E-state index is 12.1. The molecule has 0 aliphatic carbocycles. The van der Waals surface area contributed by atoms with E-state index in [2.05, 4.69) is 10.5 Å². The standard InChI is InChI=1S/C20H24N2O5S/c1-5-25-16-9-7-15(8-10-16)11-21-27-12-17(23)22-19-18(20(24)26-6-2)13(3)14(4)28-19/h7-11H,5-6,12H2,1-4H3,(H,22,23)/b21-11-. The van der Waals surface area contributed by atoms with Crippen LogP contribution in [0.1, 0.15) is 40.2 Å². The van der Waals surface area contributed by atoms with Crippen molar-refractivity contribution in [3.8, 4) is 5.75 Å². The minimum absolute atomic E-state index is 0.268. The Kier molecular flexibility index (Phi) is 8.01. The van der Waals surface area contributed by atoms with Gasteiger partial charge < -0.3 is 19.6 Å². The van der Waals surface area contributed by atoms with Crippen LogP contribution in [0.5, 0.6) is 5.75 Å². The molecular weight excluding hydrogens is 380 g/mol. The van der Waals surface area contributed by atoms with E-state index in [-0.39, 0.29) is 13.2 Å². The third-order valence-corrected chi connectivity index (χ3v) is 4.90. The second kappa shape index (κ2) is 10.5. The first-order valence-corrected chi connectivity index (χ1v) is 9.73. The number of oxime groups is 1. The fraction of sp³-hybridized carbons (Fsp3) is 0.350. The summed E-state index contributed by atoms with van der Waals surface area (Å²) in [5.41, 5.74) is 2.00. The predicted octanol–water partition coefficient (Wildman–Crippen LogP) is 3.93. The number of nitrogens with one attached hydrogen (secondary N) is 1. The van der Waals surface area contributed by atoms with Gasteiger partial charge in [-0.25, -0.2) is 4.79 Å². The number of ether oxygens (including phenoxy) is 2. The number of benzene rings is 1. The van der Waals surface area contributed by atoms with Gasteiger partial charge in [-0.3, -0.25) is 4.79 Å². The number of carbonyl (C=O) groups excluding carboxylic acids is 2. The number of esters is 1. The van der Waals surface area contributed by atoms with Gasteiger partial charge >= 0.3 is 5.97 Å². The van der Waals surface area contributed by atoms with Crippen molar-refractivity contribution in [1.29, 1.82) is 0 Å². The van der Waals surface area contributed by atoms with Gasteiger partial charge in [0.15, 0.2) is 6.61 Å². The lowest BCUT2D eigenvalue weighted by molar-refractivity contribution is -0.120. The van der Waals surface area contributed by atoms with Crippen molar-refractivity contribution in [2.24, 2.45) is 5.16 Å². The molecule has 0 aliphatic heterocycles. The van der Waals surface area contributed by atoms with Gasteiger partial charge in [0.1, 0.15) is 10.8 Å². The molecule has 0 spiro atoms. The maximum absolute atomic E-state index is 12.1. The molecule has 8 heteroatoms. The van der Waals surface area contributed by atoms with E-state index in [4.69, 9.17) is 14.3 Å². The van der Waals surface area contributed by atoms with Crippen molar-refractivity contribution in [2.75, 3.05) is 25.1 Å². The number of carbonyl (C=O) groups is 2. The summed E-state index contributed by atoms with van der Waals surface area (Å²) in [6.07, 6.45) is 1.51. The van der Waals surface area contributed by atoms with Crippen LogP contribution in [0.2, 0.25) is 0 Å². The minimum Gasteiger partial charge on any atom is -0.494 e. The molecule has 0 saturated carbocycles. The minimum atomic E-state index is -0.450. The zero-order valence-corrected chi connectivity index (χ0v) is 17.2. The Morgan fingerprint density at radius 2 is 1.86 bits per heavy atom. The number of amides is 1. The van der Waals surface area contributed by atoms with Crippen LogP contribution in [0.3, 0.4) is 0 Å². The average molecular weight is 404 g/mol. The second-order valence-corrected chi connectivity index (χ2v) is 6.99. The van der Waals surface area contributed by atoms with Crippen LogP contribution in [-0.2, 0) is 14.4 Å². The van der Waals surface area contributed by atoms with Crippen molar-refractivity contribution < 1.29 is 23.9 Å². The molecule has 1 aromatic heterocycles. The Morgan fingerprint density at radius 3 is 2.50 bits per heavy atom. The summed E-state index contributed by atoms with van der Waals surface area (Å²) in [6.45, 7) is 7.97. The zero-order valence-electron chi connectivity index (χ0n) is 16.4. The van der Waals surface area contributed by atoms with Gasteiger partial charge in [0, 0.05) is 4.88 Å². The number of rotatable bonds is 9. The van der Waals surface area contributed by atoms with Gasteiger partial charge in [-0.05, 0) is 63.1 Å². The molecule has 0 saturated heterocycles. The summed E-state index contributed by atoms with van der Waals surface area (Å²) in [7, 11) is 0. The maximum Gasteiger partial charge on any atom is 0.341 e. The summed E-state index contributed by atoms with van der Waals surface area (Å²) in [5, 5.41) is 6.94. The fourth-order valence-electron chi connectivity index (χ4n) is 2.34. The molecule has 2 aromatic rings. The molecule has 0 unspecified atom stereocenters. The summed E-state index contributed by atoms with van der Waals surface area (Å²) in [4.78, 5) is 30.2. The zero-order chi connectivity index (χ0) is 20.5. The number of hydrogen-bond donors (Lipinski definition) is 1. The summed E-state index contributed by atoms with van der Waals surface area (Å²) in [6, 6.07) is 7.33. The summed E-state index contributed by atoms with van der Waals surface area (Å²) >= 11 is 1.33. The van der Waals surface area contributed by atoms with E-state index in [0.717, 1.165) is 21.8 Å². The first-order chi connectivity index (χ1) is 13.5. The lowest BCUT2D eigenvalue weighted by atomic mass is 10.1. The molecule has 0 fully saturated rings. The second-order valence-electron chi connectivity index (χ2n) is 5.77. The first kappa shape index (κ1) is 21.4. The Balaban J connectivity index is 1.90. The highest BCUT2D eigenvalue weighted by atomic mass is 32.1. The van der Waals surface area contributed by atoms with Crippen LogP contribution in [-0.4, -0.2) is 37.9 Å². The van der Waals surface area contributed by atoms with Gasteiger partial charge in [0.05, 0.1) is 25.0 Å². The lowest BCUT2D eigenvalue weighted by Gasteiger charge is -2.06. The van der Waals surface area contributed by atoms with Crippen LogP contribution in [0, 0.1) is 13.8 Å². The topological polar surface area (TPSA) is 86.2 Å². The van der Waals surface area contributed by atoms with Crippen molar-refractivity contribution in [2.45, 2.75) is 27.7 Å². The van der Waals surface area contributed by atoms with Gasteiger partial charge in [0.2, 0.25) is 0 Å². The Morgan fingerprint density at radius 1 is 1.14 bits per heavy atom. The van der Waals surface area contributed by atoms with Crippen LogP contribution in [0.15, 0.2) is 29.4 Å². The monoisotopic (exact) mass is 404 g/mol. The van der Waals surface area contributed by atoms with E-state index < -0.39 is 11.9 Å². The van der Waals surface area contributed by atoms with E-state index in [9.17, 15) is 9.59 Å². The molecule has 0 aliphatic rings. The number of aryl methyl sites for hydroxylation is 1. The van der Waals surface area contributed by atoms with E-state index in [1.807, 2.05) is 45.0 Å². The molecule has 1 amide bonds. The molecule has 150 valence electrons. The Hall–Kier alpha value is -2.87. The molecule has 0 bridgehead atoms. The van der Waals surface area contributed by atoms with Crippen LogP contribution < -0.4 is 10.1 Å². The molecule has 28 heavy (non-hydrogen) atoms. The highest BCUT2D eigenvalue weighted by molar-refractivity contribution is 7.16. The highest BCUT2D eigenvalue weighted by Crippen LogP contribution is 2.33. The van der Waals surface area contributed by atoms with Crippen molar-refractivity contribution in [3.05, 3.63) is 45.8 Å². The Labute approximate surface area is 168 Å². The molecular formula is C20H24N2O5S.